The van der Waals surface area contributed by atoms with E-state index in [1.807, 2.05) is 14.0 Å². The Morgan fingerprint density at radius 3 is 2.80 bits per heavy atom. The summed E-state index contributed by atoms with van der Waals surface area (Å²) in [6.07, 6.45) is 5.28. The SMILES string of the molecule is CC1CC2=C(C(=O)N1)C1=C(CC2C)c2c(cnc(Oc3nc(Cl)nc4c3CN(C)CC4)c2F)CC1. The maximum atomic E-state index is 16.1. The number of likely N-dealkylation sites (N-methyl/N-ethyl adjacent to an activating group) is 1. The van der Waals surface area contributed by atoms with Crippen LogP contribution in [0.3, 0.4) is 0 Å². The van der Waals surface area contributed by atoms with Crippen molar-refractivity contribution in [3.8, 4) is 11.8 Å². The van der Waals surface area contributed by atoms with Crippen LogP contribution in [0.2, 0.25) is 5.28 Å². The third-order valence-corrected chi connectivity index (χ3v) is 7.78. The highest BCUT2D eigenvalue weighted by Crippen LogP contribution is 2.48. The first kappa shape index (κ1) is 22.6. The molecule has 2 atom stereocenters. The average molecular weight is 496 g/mol. The van der Waals surface area contributed by atoms with Gasteiger partial charge < -0.3 is 15.0 Å². The smallest absolute Gasteiger partial charge is 0.258 e. The van der Waals surface area contributed by atoms with E-state index < -0.39 is 5.82 Å². The molecule has 0 radical (unpaired) electrons. The molecular weight excluding hydrogens is 469 g/mol. The minimum atomic E-state index is -0.511. The first-order valence-electron chi connectivity index (χ1n) is 12.2. The van der Waals surface area contributed by atoms with Gasteiger partial charge in [0.05, 0.1) is 11.3 Å². The van der Waals surface area contributed by atoms with Crippen molar-refractivity contribution in [3.63, 3.8) is 0 Å². The number of nitrogens with one attached hydrogen (secondary N) is 1. The van der Waals surface area contributed by atoms with Crippen LogP contribution in [0.4, 0.5) is 4.39 Å². The molecule has 0 saturated heterocycles. The van der Waals surface area contributed by atoms with E-state index in [9.17, 15) is 4.79 Å². The zero-order valence-corrected chi connectivity index (χ0v) is 20.8. The lowest BCUT2D eigenvalue weighted by Crippen LogP contribution is -2.41. The van der Waals surface area contributed by atoms with E-state index in [4.69, 9.17) is 16.3 Å². The normalized spacial score (nSPS) is 23.9. The lowest BCUT2D eigenvalue weighted by atomic mass is 9.70. The molecule has 0 aromatic carbocycles. The number of nitrogens with zero attached hydrogens (tertiary/aromatic N) is 4. The highest BCUT2D eigenvalue weighted by Gasteiger charge is 2.38. The van der Waals surface area contributed by atoms with Gasteiger partial charge >= 0.3 is 0 Å². The van der Waals surface area contributed by atoms with E-state index in [2.05, 4.69) is 32.1 Å². The second kappa shape index (κ2) is 8.38. The molecule has 7 nitrogen and oxygen atoms in total. The molecule has 2 aromatic heterocycles. The van der Waals surface area contributed by atoms with Crippen molar-refractivity contribution in [1.29, 1.82) is 0 Å². The van der Waals surface area contributed by atoms with Gasteiger partial charge in [-0.2, -0.15) is 4.98 Å². The molecule has 2 aromatic rings. The highest BCUT2D eigenvalue weighted by molar-refractivity contribution is 6.28. The van der Waals surface area contributed by atoms with Crippen LogP contribution in [0.15, 0.2) is 22.9 Å². The molecule has 6 rings (SSSR count). The van der Waals surface area contributed by atoms with Gasteiger partial charge in [0.15, 0.2) is 5.82 Å². The number of pyridine rings is 1. The molecule has 2 aliphatic carbocycles. The Morgan fingerprint density at radius 1 is 1.14 bits per heavy atom. The number of halogens is 2. The van der Waals surface area contributed by atoms with Crippen molar-refractivity contribution in [2.75, 3.05) is 13.6 Å². The van der Waals surface area contributed by atoms with E-state index in [0.717, 1.165) is 52.9 Å². The van der Waals surface area contributed by atoms with Gasteiger partial charge in [-0.05, 0) is 73.9 Å². The first-order valence-corrected chi connectivity index (χ1v) is 12.5. The molecular formula is C26H27ClFN5O2. The number of aryl methyl sites for hydroxylation is 1. The lowest BCUT2D eigenvalue weighted by Gasteiger charge is -2.38. The van der Waals surface area contributed by atoms with Crippen LogP contribution in [-0.4, -0.2) is 45.4 Å². The number of fused-ring (bicyclic) bond motifs is 4. The molecule has 1 amide bonds. The number of allylic oxidation sites excluding steroid dienone is 1. The molecule has 4 heterocycles. The van der Waals surface area contributed by atoms with E-state index >= 15 is 4.39 Å². The molecule has 0 bridgehead atoms. The molecule has 0 fully saturated rings. The van der Waals surface area contributed by atoms with Crippen molar-refractivity contribution in [2.45, 2.75) is 58.5 Å². The number of carbonyl (C=O) groups excluding carboxylic acids is 1. The van der Waals surface area contributed by atoms with Crippen LogP contribution >= 0.6 is 11.6 Å². The van der Waals surface area contributed by atoms with Crippen LogP contribution in [0.25, 0.3) is 5.57 Å². The standard InChI is InChI=1S/C26H27ClFN5O2/c1-12-8-17-15(21-16(12)9-13(2)30-23(21)34)5-4-14-10-29-25(22(28)20(14)17)35-24-18-11-33(3)7-6-19(18)31-26(27)32-24/h10,12-13H,4-9,11H2,1-3H3,(H,30,34). The summed E-state index contributed by atoms with van der Waals surface area (Å²) >= 11 is 6.16. The molecule has 182 valence electrons. The van der Waals surface area contributed by atoms with Crippen molar-refractivity contribution in [2.24, 2.45) is 5.92 Å². The second-order valence-electron chi connectivity index (χ2n) is 10.1. The van der Waals surface area contributed by atoms with E-state index in [1.54, 1.807) is 6.20 Å². The van der Waals surface area contributed by atoms with Crippen molar-refractivity contribution < 1.29 is 13.9 Å². The van der Waals surface area contributed by atoms with Crippen molar-refractivity contribution >= 4 is 23.1 Å². The van der Waals surface area contributed by atoms with E-state index in [0.29, 0.717) is 31.4 Å². The van der Waals surface area contributed by atoms with E-state index in [-0.39, 0.29) is 34.9 Å². The Kier molecular flexibility index (Phi) is 5.41. The average Bonchev–Trinajstić information content (AvgIpc) is 2.81. The number of hydrogen-bond donors (Lipinski definition) is 1. The molecule has 2 unspecified atom stereocenters. The molecule has 4 aliphatic rings. The highest BCUT2D eigenvalue weighted by atomic mass is 35.5. The van der Waals surface area contributed by atoms with Crippen molar-refractivity contribution in [1.82, 2.24) is 25.2 Å². The number of rotatable bonds is 2. The predicted molar refractivity (Wildman–Crippen MR) is 130 cm³/mol. The maximum absolute atomic E-state index is 16.1. The quantitative estimate of drug-likeness (QED) is 0.622. The van der Waals surface area contributed by atoms with Crippen LogP contribution in [0.5, 0.6) is 11.8 Å². The van der Waals surface area contributed by atoms with Gasteiger partial charge in [-0.1, -0.05) is 12.5 Å². The van der Waals surface area contributed by atoms with E-state index in [1.165, 1.54) is 5.57 Å². The lowest BCUT2D eigenvalue weighted by molar-refractivity contribution is -0.118. The van der Waals surface area contributed by atoms with Gasteiger partial charge in [0.1, 0.15) is 0 Å². The summed E-state index contributed by atoms with van der Waals surface area (Å²) in [5.74, 6) is -0.271. The summed E-state index contributed by atoms with van der Waals surface area (Å²) in [6.45, 7) is 5.59. The monoisotopic (exact) mass is 495 g/mol. The Bertz CT molecular complexity index is 1340. The van der Waals surface area contributed by atoms with Gasteiger partial charge in [0.2, 0.25) is 11.2 Å². The fourth-order valence-corrected chi connectivity index (χ4v) is 6.13. The third-order valence-electron chi connectivity index (χ3n) is 7.61. The number of hydrogen-bond acceptors (Lipinski definition) is 6. The fourth-order valence-electron chi connectivity index (χ4n) is 5.95. The molecule has 1 N–H and O–H groups in total. The third kappa shape index (κ3) is 3.74. The molecule has 0 saturated carbocycles. The zero-order valence-electron chi connectivity index (χ0n) is 20.0. The minimum Gasteiger partial charge on any atom is -0.417 e. The molecule has 35 heavy (non-hydrogen) atoms. The Balaban J connectivity index is 1.44. The summed E-state index contributed by atoms with van der Waals surface area (Å²) in [6, 6.07) is 0.118. The minimum absolute atomic E-state index is 0.0430. The maximum Gasteiger partial charge on any atom is 0.258 e. The van der Waals surface area contributed by atoms with Gasteiger partial charge in [0.25, 0.3) is 11.8 Å². The molecule has 9 heteroatoms. The topological polar surface area (TPSA) is 80.2 Å². The Morgan fingerprint density at radius 2 is 1.97 bits per heavy atom. The summed E-state index contributed by atoms with van der Waals surface area (Å²) in [7, 11) is 2.00. The zero-order chi connectivity index (χ0) is 24.4. The Labute approximate surface area is 208 Å². The van der Waals surface area contributed by atoms with Crippen LogP contribution in [0.1, 0.15) is 55.5 Å². The molecule has 0 spiro atoms. The summed E-state index contributed by atoms with van der Waals surface area (Å²) < 4.78 is 22.1. The fraction of sp³-hybridized carbons (Fsp3) is 0.462. The summed E-state index contributed by atoms with van der Waals surface area (Å²) in [4.78, 5) is 28.0. The number of amides is 1. The largest absolute Gasteiger partial charge is 0.417 e. The Hall–Kier alpha value is -2.84. The summed E-state index contributed by atoms with van der Waals surface area (Å²) in [5.41, 5.74) is 6.81. The number of ether oxygens (including phenoxy) is 1. The van der Waals surface area contributed by atoms with Gasteiger partial charge in [-0.15, -0.1) is 0 Å². The first-order chi connectivity index (χ1) is 16.8. The van der Waals surface area contributed by atoms with Gasteiger partial charge in [-0.3, -0.25) is 4.79 Å². The van der Waals surface area contributed by atoms with Crippen LogP contribution in [0, 0.1) is 11.7 Å². The van der Waals surface area contributed by atoms with Crippen LogP contribution < -0.4 is 10.1 Å². The number of carbonyl (C=O) groups is 1. The predicted octanol–water partition coefficient (Wildman–Crippen LogP) is 4.39. The van der Waals surface area contributed by atoms with Gasteiger partial charge in [-0.25, -0.2) is 14.4 Å². The van der Waals surface area contributed by atoms with Gasteiger partial charge in [0, 0.05) is 42.9 Å². The van der Waals surface area contributed by atoms with Crippen molar-refractivity contribution in [3.05, 3.63) is 56.4 Å². The molecule has 2 aliphatic heterocycles. The van der Waals surface area contributed by atoms with Crippen LogP contribution in [-0.2, 0) is 24.2 Å². The number of aromatic nitrogens is 3. The second-order valence-corrected chi connectivity index (χ2v) is 10.5. The summed E-state index contributed by atoms with van der Waals surface area (Å²) in [5, 5.41) is 3.13.